The van der Waals surface area contributed by atoms with Crippen LogP contribution in [0.15, 0.2) is 18.2 Å². The first-order valence-electron chi connectivity index (χ1n) is 12.4. The molecule has 3 aliphatic rings. The molecule has 2 atom stereocenters. The molecule has 213 valence electrons. The molecule has 2 bridgehead atoms. The summed E-state index contributed by atoms with van der Waals surface area (Å²) in [5.41, 5.74) is 0.279. The topological polar surface area (TPSA) is 18.5 Å². The van der Waals surface area contributed by atoms with Crippen molar-refractivity contribution in [2.24, 2.45) is 11.8 Å². The summed E-state index contributed by atoms with van der Waals surface area (Å²) in [6.07, 6.45) is 10.5. The zero-order valence-corrected chi connectivity index (χ0v) is 27.0. The Balaban J connectivity index is 0.000000428. The maximum atomic E-state index is 9.75. The van der Waals surface area contributed by atoms with Crippen LogP contribution in [0, 0.1) is 37.5 Å². The first-order valence-corrected chi connectivity index (χ1v) is 15.2. The number of benzene rings is 1. The van der Waals surface area contributed by atoms with Gasteiger partial charge in [0.25, 0.3) is 0 Å². The van der Waals surface area contributed by atoms with Gasteiger partial charge in [0, 0.05) is 19.5 Å². The zero-order valence-electron chi connectivity index (χ0n) is 23.6. The molecule has 2 saturated carbocycles. The average Bonchev–Trinajstić information content (AvgIpc) is 3.39. The first kappa shape index (κ1) is 35.1. The molecule has 37 heavy (non-hydrogen) atoms. The van der Waals surface area contributed by atoms with Gasteiger partial charge in [-0.15, -0.1) is 0 Å². The standard InChI is InChI=1S/C20H34O2P2.C7H8.BF4.Rh/c1-18(2,3)23-16-14(21-10)12-11-13-15(16)22-17(23)24(19(4,5)6)20(7,8)9;1-2-7-4-3-6(1)5-7;2-1(3,4)5;/h11-13,17H,1-10H3;1-4,6-7H,5H2;;/q;;-1;/t17-,23+;;;/m1.../s1. The Hall–Kier alpha value is 0.0883. The van der Waals surface area contributed by atoms with E-state index in [1.807, 2.05) is 6.07 Å². The van der Waals surface area contributed by atoms with E-state index < -0.39 is 15.2 Å². The van der Waals surface area contributed by atoms with Gasteiger partial charge in [-0.3, -0.25) is 0 Å². The second-order valence-electron chi connectivity index (χ2n) is 12.3. The summed E-state index contributed by atoms with van der Waals surface area (Å²) in [4.78, 5) is 0. The van der Waals surface area contributed by atoms with Crippen LogP contribution in [-0.4, -0.2) is 35.4 Å². The third-order valence-electron chi connectivity index (χ3n) is 6.02. The normalized spacial score (nSPS) is 24.7. The fourth-order valence-electron chi connectivity index (χ4n) is 5.11. The molecular weight excluding hydrogens is 608 g/mol. The molecule has 1 aromatic carbocycles. The third-order valence-corrected chi connectivity index (χ3v) is 13.8. The zero-order chi connectivity index (χ0) is 27.7. The maximum absolute atomic E-state index is 9.75. The predicted octanol–water partition coefficient (Wildman–Crippen LogP) is 9.11. The number of halogens is 4. The van der Waals surface area contributed by atoms with Crippen molar-refractivity contribution in [1.29, 1.82) is 0 Å². The van der Waals surface area contributed by atoms with E-state index in [0.29, 0.717) is 0 Å². The SMILES string of the molecule is COc1cccc2c1[P@](C(C)(C)C)[C@H](P(C(C)(C)C)C(C)(C)C)O2.F[B-](F)(F)F.[CH]1[CH]C2[CH][CH]C1C2.[Rh]. The van der Waals surface area contributed by atoms with E-state index >= 15 is 0 Å². The molecule has 1 aliphatic heterocycles. The van der Waals surface area contributed by atoms with Crippen molar-refractivity contribution in [3.8, 4) is 11.5 Å². The van der Waals surface area contributed by atoms with Gasteiger partial charge in [-0.2, -0.15) is 0 Å². The molecule has 0 amide bonds. The Labute approximate surface area is 238 Å². The van der Waals surface area contributed by atoms with Crippen LogP contribution in [0.2, 0.25) is 0 Å². The summed E-state index contributed by atoms with van der Waals surface area (Å²) in [6.45, 7) is 21.3. The van der Waals surface area contributed by atoms with Gasteiger partial charge in [-0.05, 0) is 87.4 Å². The molecule has 2 aliphatic carbocycles. The fourth-order valence-corrected chi connectivity index (χ4v) is 15.6. The van der Waals surface area contributed by atoms with Crippen LogP contribution in [0.3, 0.4) is 0 Å². The molecule has 2 fully saturated rings. The van der Waals surface area contributed by atoms with Gasteiger partial charge in [0.15, 0.2) is 0 Å². The molecule has 10 heteroatoms. The van der Waals surface area contributed by atoms with E-state index in [2.05, 4.69) is 100 Å². The summed E-state index contributed by atoms with van der Waals surface area (Å²) in [7, 11) is -5.07. The monoisotopic (exact) mass is 650 g/mol. The minimum Gasteiger partial charge on any atom is -0.496 e. The summed E-state index contributed by atoms with van der Waals surface area (Å²) in [5.74, 6) is 3.66. The molecule has 0 unspecified atom stereocenters. The second-order valence-corrected chi connectivity index (χ2v) is 19.6. The summed E-state index contributed by atoms with van der Waals surface area (Å²) < 4.78 is 51.4. The third kappa shape index (κ3) is 10.2. The Morgan fingerprint density at radius 1 is 0.865 bits per heavy atom. The van der Waals surface area contributed by atoms with Crippen molar-refractivity contribution < 1.29 is 46.2 Å². The van der Waals surface area contributed by atoms with Gasteiger partial charge in [0.1, 0.15) is 17.1 Å². The summed E-state index contributed by atoms with van der Waals surface area (Å²) in [5, 5.41) is 1.98. The quantitative estimate of drug-likeness (QED) is 0.181. The minimum absolute atomic E-state index is 0. The van der Waals surface area contributed by atoms with Crippen molar-refractivity contribution in [1.82, 2.24) is 0 Å². The predicted molar refractivity (Wildman–Crippen MR) is 149 cm³/mol. The van der Waals surface area contributed by atoms with E-state index in [1.54, 1.807) is 7.11 Å². The average molecular weight is 650 g/mol. The van der Waals surface area contributed by atoms with Gasteiger partial charge in [-0.1, -0.05) is 68.4 Å². The number of hydrogen-bond acceptors (Lipinski definition) is 2. The number of methoxy groups -OCH3 is 1. The Morgan fingerprint density at radius 2 is 1.30 bits per heavy atom. The van der Waals surface area contributed by atoms with Gasteiger partial charge in [-0.25, -0.2) is 0 Å². The van der Waals surface area contributed by atoms with Gasteiger partial charge >= 0.3 is 7.25 Å². The van der Waals surface area contributed by atoms with E-state index in [0.717, 1.165) is 23.3 Å². The van der Waals surface area contributed by atoms with Crippen molar-refractivity contribution in [3.05, 3.63) is 43.9 Å². The van der Waals surface area contributed by atoms with E-state index in [1.165, 1.54) is 11.7 Å². The van der Waals surface area contributed by atoms with Crippen LogP contribution in [0.5, 0.6) is 11.5 Å². The molecule has 0 saturated heterocycles. The maximum Gasteiger partial charge on any atom is 0.673 e. The van der Waals surface area contributed by atoms with Crippen LogP contribution in [0.1, 0.15) is 68.7 Å². The first-order chi connectivity index (χ1) is 16.2. The minimum atomic E-state index is -6.00. The van der Waals surface area contributed by atoms with Crippen molar-refractivity contribution in [3.63, 3.8) is 0 Å². The molecule has 2 nitrogen and oxygen atoms in total. The van der Waals surface area contributed by atoms with Gasteiger partial charge in [0.2, 0.25) is 0 Å². The van der Waals surface area contributed by atoms with Crippen molar-refractivity contribution in [2.75, 3.05) is 7.11 Å². The summed E-state index contributed by atoms with van der Waals surface area (Å²) in [6, 6.07) is 6.26. The fraction of sp³-hybridized carbons (Fsp3) is 0.630. The van der Waals surface area contributed by atoms with Crippen LogP contribution in [-0.2, 0) is 19.5 Å². The molecule has 0 aromatic heterocycles. The largest absolute Gasteiger partial charge is 0.673 e. The Bertz CT molecular complexity index is 828. The second kappa shape index (κ2) is 13.2. The molecule has 0 spiro atoms. The molecule has 5 radical (unpaired) electrons. The van der Waals surface area contributed by atoms with E-state index in [4.69, 9.17) is 9.47 Å². The van der Waals surface area contributed by atoms with Crippen LogP contribution >= 0.6 is 15.8 Å². The number of fused-ring (bicyclic) bond motifs is 3. The number of ether oxygens (including phenoxy) is 2. The smallest absolute Gasteiger partial charge is 0.496 e. The molecule has 1 aromatic rings. The van der Waals surface area contributed by atoms with Crippen LogP contribution < -0.4 is 14.8 Å². The summed E-state index contributed by atoms with van der Waals surface area (Å²) >= 11 is 0. The Morgan fingerprint density at radius 3 is 1.59 bits per heavy atom. The number of rotatable bonds is 2. The van der Waals surface area contributed by atoms with E-state index in [-0.39, 0.29) is 48.5 Å². The van der Waals surface area contributed by atoms with Gasteiger partial charge < -0.3 is 26.7 Å². The molecular formula is C27H42BF4O2P2Rh-. The van der Waals surface area contributed by atoms with Crippen LogP contribution in [0.4, 0.5) is 17.3 Å². The van der Waals surface area contributed by atoms with Crippen LogP contribution in [0.25, 0.3) is 0 Å². The molecule has 4 rings (SSSR count). The number of hydrogen-bond donors (Lipinski definition) is 0. The van der Waals surface area contributed by atoms with Gasteiger partial charge in [0.05, 0.1) is 12.4 Å². The van der Waals surface area contributed by atoms with Crippen molar-refractivity contribution >= 4 is 28.4 Å². The van der Waals surface area contributed by atoms with E-state index in [9.17, 15) is 17.3 Å². The van der Waals surface area contributed by atoms with Crippen molar-refractivity contribution in [2.45, 2.75) is 89.8 Å². The Kier molecular flexibility index (Phi) is 12.5. The molecule has 1 heterocycles. The molecule has 0 N–H and O–H groups in total.